The van der Waals surface area contributed by atoms with Crippen molar-refractivity contribution in [3.8, 4) is 11.5 Å². The molecular weight excluding hydrogens is 715 g/mol. The molecule has 5 heterocycles. The average molecular weight is 763 g/mol. The van der Waals surface area contributed by atoms with Gasteiger partial charge in [0.2, 0.25) is 11.8 Å². The molecular formula is C37H47FN10O7. The largest absolute Gasteiger partial charge is 0.460 e. The van der Waals surface area contributed by atoms with Gasteiger partial charge < -0.3 is 35.5 Å². The highest BCUT2D eigenvalue weighted by Crippen LogP contribution is 2.27. The molecule has 294 valence electrons. The smallest absolute Gasteiger partial charge is 0.329 e. The van der Waals surface area contributed by atoms with Crippen molar-refractivity contribution in [2.24, 2.45) is 11.8 Å². The lowest BCUT2D eigenvalue weighted by molar-refractivity contribution is -0.159. The van der Waals surface area contributed by atoms with Gasteiger partial charge in [0.15, 0.2) is 17.4 Å². The van der Waals surface area contributed by atoms with Crippen LogP contribution in [0.3, 0.4) is 0 Å². The van der Waals surface area contributed by atoms with Crippen LogP contribution in [0.4, 0.5) is 10.2 Å². The van der Waals surface area contributed by atoms with E-state index in [1.165, 1.54) is 27.9 Å². The number of fused-ring (bicyclic) bond motifs is 3. The molecule has 0 aliphatic carbocycles. The topological polar surface area (TPSA) is 234 Å². The summed E-state index contributed by atoms with van der Waals surface area (Å²) < 4.78 is 27.8. The predicted octanol–water partition coefficient (Wildman–Crippen LogP) is 2.12. The van der Waals surface area contributed by atoms with Gasteiger partial charge in [-0.25, -0.2) is 24.1 Å². The van der Waals surface area contributed by atoms with Crippen LogP contribution in [0, 0.1) is 11.8 Å². The van der Waals surface area contributed by atoms with Crippen molar-refractivity contribution < 1.29 is 37.8 Å². The number of nitrogens with one attached hydrogen (secondary N) is 2. The Morgan fingerprint density at radius 2 is 2.02 bits per heavy atom. The number of aliphatic hydroxyl groups excluding tert-OH is 1. The van der Waals surface area contributed by atoms with Gasteiger partial charge in [-0.3, -0.25) is 19.1 Å². The molecule has 0 radical (unpaired) electrons. The number of hydrogen-bond acceptors (Lipinski definition) is 13. The molecule has 1 fully saturated rings. The zero-order valence-corrected chi connectivity index (χ0v) is 31.0. The van der Waals surface area contributed by atoms with Crippen LogP contribution in [-0.4, -0.2) is 108 Å². The molecule has 0 spiro atoms. The number of anilines is 1. The Morgan fingerprint density at radius 3 is 2.80 bits per heavy atom. The second-order valence-electron chi connectivity index (χ2n) is 13.8. The SMILES string of the molecule is CC1=C\[C@@H](O)C[C@@H](F)Cc2nc(co2)C(=O)N2CCC[C@@H]2C(=O)O[C@H](C(C)C)[C@H](CC(=O)NCCn2cc(-c3nccc(N)n3)nn2)/C=C/C(=O)NC\C=C\1. The number of aliphatic hydroxyl groups is 1. The first-order valence-corrected chi connectivity index (χ1v) is 18.2. The Kier molecular flexibility index (Phi) is 14.0. The van der Waals surface area contributed by atoms with Crippen LogP contribution in [0.1, 0.15) is 62.8 Å². The maximum Gasteiger partial charge on any atom is 0.329 e. The van der Waals surface area contributed by atoms with E-state index in [1.807, 2.05) is 13.8 Å². The number of oxazole rings is 1. The Labute approximate surface area is 317 Å². The molecule has 5 N–H and O–H groups in total. The summed E-state index contributed by atoms with van der Waals surface area (Å²) in [7, 11) is 0. The number of aromatic nitrogens is 6. The highest BCUT2D eigenvalue weighted by Gasteiger charge is 2.39. The summed E-state index contributed by atoms with van der Waals surface area (Å²) in [5.41, 5.74) is 6.73. The maximum atomic E-state index is 14.8. The Hall–Kier alpha value is -5.78. The minimum Gasteiger partial charge on any atom is -0.460 e. The van der Waals surface area contributed by atoms with Crippen LogP contribution in [0.5, 0.6) is 0 Å². The van der Waals surface area contributed by atoms with Crippen LogP contribution in [0.2, 0.25) is 0 Å². The Morgan fingerprint density at radius 1 is 1.20 bits per heavy atom. The zero-order valence-electron chi connectivity index (χ0n) is 31.0. The van der Waals surface area contributed by atoms with E-state index in [-0.39, 0.29) is 74.7 Å². The van der Waals surface area contributed by atoms with Crippen LogP contribution in [0.25, 0.3) is 11.5 Å². The van der Waals surface area contributed by atoms with Crippen molar-refractivity contribution in [1.82, 2.24) is 45.5 Å². The predicted molar refractivity (Wildman–Crippen MR) is 196 cm³/mol. The van der Waals surface area contributed by atoms with Crippen LogP contribution < -0.4 is 16.4 Å². The molecule has 17 nitrogen and oxygen atoms in total. The van der Waals surface area contributed by atoms with E-state index in [0.29, 0.717) is 29.9 Å². The number of nitrogens with zero attached hydrogens (tertiary/aromatic N) is 7. The first kappa shape index (κ1) is 40.4. The van der Waals surface area contributed by atoms with Gasteiger partial charge in [0.25, 0.3) is 5.91 Å². The maximum absolute atomic E-state index is 14.8. The quantitative estimate of drug-likeness (QED) is 0.253. The Bertz CT molecular complexity index is 1910. The third kappa shape index (κ3) is 11.6. The van der Waals surface area contributed by atoms with Crippen molar-refractivity contribution in [2.45, 2.75) is 83.8 Å². The van der Waals surface area contributed by atoms with E-state index < -0.39 is 48.1 Å². The van der Waals surface area contributed by atoms with Gasteiger partial charge in [-0.1, -0.05) is 48.9 Å². The molecule has 18 heteroatoms. The molecule has 2 aliphatic heterocycles. The van der Waals surface area contributed by atoms with E-state index in [0.717, 1.165) is 6.26 Å². The normalized spacial score (nSPS) is 25.3. The highest BCUT2D eigenvalue weighted by molar-refractivity contribution is 5.95. The highest BCUT2D eigenvalue weighted by atomic mass is 19.1. The summed E-state index contributed by atoms with van der Waals surface area (Å²) >= 11 is 0. The van der Waals surface area contributed by atoms with Gasteiger partial charge in [0.1, 0.15) is 36.1 Å². The number of carbonyl (C=O) groups is 4. The molecule has 3 amide bonds. The number of halogens is 1. The van der Waals surface area contributed by atoms with E-state index >= 15 is 0 Å². The summed E-state index contributed by atoms with van der Waals surface area (Å²) in [6, 6.07) is 0.620. The van der Waals surface area contributed by atoms with Crippen molar-refractivity contribution in [1.29, 1.82) is 0 Å². The molecule has 2 aliphatic rings. The molecule has 3 aromatic rings. The minimum atomic E-state index is -1.51. The van der Waals surface area contributed by atoms with E-state index in [2.05, 4.69) is 35.9 Å². The molecule has 55 heavy (non-hydrogen) atoms. The fourth-order valence-corrected chi connectivity index (χ4v) is 6.37. The molecule has 5 rings (SSSR count). The van der Waals surface area contributed by atoms with Crippen molar-refractivity contribution >= 4 is 29.5 Å². The zero-order chi connectivity index (χ0) is 39.5. The van der Waals surface area contributed by atoms with Gasteiger partial charge in [-0.2, -0.15) is 0 Å². The lowest BCUT2D eigenvalue weighted by atomic mass is 9.89. The first-order valence-electron chi connectivity index (χ1n) is 18.2. The number of esters is 1. The van der Waals surface area contributed by atoms with Gasteiger partial charge in [0.05, 0.1) is 25.3 Å². The molecule has 1 saturated heterocycles. The number of nitrogen functional groups attached to an aromatic ring is 1. The summed E-state index contributed by atoms with van der Waals surface area (Å²) in [5.74, 6) is -2.47. The fraction of sp³-hybridized carbons (Fsp3) is 0.486. The number of allylic oxidation sites excluding steroid dienone is 2. The minimum absolute atomic E-state index is 0.0117. The van der Waals surface area contributed by atoms with Gasteiger partial charge >= 0.3 is 5.97 Å². The fourth-order valence-electron chi connectivity index (χ4n) is 6.37. The monoisotopic (exact) mass is 762 g/mol. The lowest BCUT2D eigenvalue weighted by Crippen LogP contribution is -2.44. The van der Waals surface area contributed by atoms with E-state index in [9.17, 15) is 28.7 Å². The average Bonchev–Trinajstić information content (AvgIpc) is 3.92. The van der Waals surface area contributed by atoms with E-state index in [1.54, 1.807) is 37.4 Å². The lowest BCUT2D eigenvalue weighted by Gasteiger charge is -2.30. The van der Waals surface area contributed by atoms with Crippen molar-refractivity contribution in [3.63, 3.8) is 0 Å². The second-order valence-corrected chi connectivity index (χ2v) is 13.8. The summed E-state index contributed by atoms with van der Waals surface area (Å²) in [4.78, 5) is 67.3. The number of nitrogens with two attached hydrogens (primary N) is 1. The number of alkyl halides is 1. The van der Waals surface area contributed by atoms with Crippen LogP contribution in [-0.2, 0) is 32.1 Å². The van der Waals surface area contributed by atoms with Crippen LogP contribution >= 0.6 is 0 Å². The third-order valence-corrected chi connectivity index (χ3v) is 9.04. The van der Waals surface area contributed by atoms with Crippen molar-refractivity contribution in [2.75, 3.05) is 25.4 Å². The van der Waals surface area contributed by atoms with Crippen LogP contribution in [0.15, 0.2) is 65.1 Å². The molecule has 0 saturated carbocycles. The second kappa shape index (κ2) is 19.0. The molecule has 3 aromatic heterocycles. The summed E-state index contributed by atoms with van der Waals surface area (Å²) in [6.45, 7) is 6.28. The number of rotatable bonds is 7. The number of amides is 3. The molecule has 2 bridgehead atoms. The number of cyclic esters (lactones) is 1. The number of carbonyl (C=O) groups excluding carboxylic acids is 4. The molecule has 0 unspecified atom stereocenters. The van der Waals surface area contributed by atoms with Gasteiger partial charge in [0, 0.05) is 44.6 Å². The number of hydrogen-bond donors (Lipinski definition) is 4. The standard InChI is InChI=1S/C37H47FN10O7/c1-22(2)34-24(17-32(51)41-13-15-47-20-27(45-46-47)35-42-12-10-30(39)44-35)8-9-31(50)40-11-4-6-23(3)16-26(49)18-25(38)19-33-43-28(21-54-33)36(52)48-14-5-7-29(48)37(53)55-34/h4,6,8-10,12,16,20-22,24-26,29,34,49H,5,7,11,13-15,17-19H2,1-3H3,(H,40,50)(H,41,51)(H2,39,42,44)/b6-4+,9-8+,23-16+/t24-,25+,26+,29+,34+/m0/s1. The third-order valence-electron chi connectivity index (χ3n) is 9.04. The summed E-state index contributed by atoms with van der Waals surface area (Å²) in [5, 5.41) is 24.1. The first-order chi connectivity index (χ1) is 26.4. The molecule has 5 atom stereocenters. The molecule has 0 aromatic carbocycles. The van der Waals surface area contributed by atoms with Gasteiger partial charge in [-0.15, -0.1) is 5.10 Å². The van der Waals surface area contributed by atoms with Crippen molar-refractivity contribution in [3.05, 3.63) is 72.3 Å². The van der Waals surface area contributed by atoms with Gasteiger partial charge in [-0.05, 0) is 37.8 Å². The summed E-state index contributed by atoms with van der Waals surface area (Å²) in [6.07, 6.45) is 8.76. The number of ether oxygens (including phenoxy) is 1. The van der Waals surface area contributed by atoms with E-state index in [4.69, 9.17) is 14.9 Å². The Balaban J connectivity index is 1.32.